The summed E-state index contributed by atoms with van der Waals surface area (Å²) in [5.41, 5.74) is 14.4. The molecule has 13 rings (SSSR count). The van der Waals surface area contributed by atoms with Crippen LogP contribution in [0.3, 0.4) is 0 Å². The summed E-state index contributed by atoms with van der Waals surface area (Å²) in [6.07, 6.45) is 1.82. The number of hydrogen-bond acceptors (Lipinski definition) is 5. The first-order valence-corrected chi connectivity index (χ1v) is 21.0. The Morgan fingerprint density at radius 2 is 0.873 bits per heavy atom. The highest BCUT2D eigenvalue weighted by molar-refractivity contribution is 6.12. The first-order chi connectivity index (χ1) is 31.2. The summed E-state index contributed by atoms with van der Waals surface area (Å²) in [5.74, 6) is 1.83. The van der Waals surface area contributed by atoms with Crippen molar-refractivity contribution in [3.63, 3.8) is 0 Å². The normalized spacial score (nSPS) is 11.8. The molecule has 0 spiro atoms. The molecular formula is C56H34N6O. The Balaban J connectivity index is 0.920. The Morgan fingerprint density at radius 1 is 0.333 bits per heavy atom. The summed E-state index contributed by atoms with van der Waals surface area (Å²) < 4.78 is 10.6. The lowest BCUT2D eigenvalue weighted by molar-refractivity contribution is 0.668. The maximum absolute atomic E-state index is 6.12. The molecule has 8 aromatic carbocycles. The minimum Gasteiger partial charge on any atom is -0.454 e. The van der Waals surface area contributed by atoms with Crippen molar-refractivity contribution < 1.29 is 4.42 Å². The lowest BCUT2D eigenvalue weighted by Gasteiger charge is -2.11. The van der Waals surface area contributed by atoms with Gasteiger partial charge in [-0.3, -0.25) is 9.55 Å². The summed E-state index contributed by atoms with van der Waals surface area (Å²) in [6.45, 7) is 0. The highest BCUT2D eigenvalue weighted by Crippen LogP contribution is 2.39. The Labute approximate surface area is 360 Å². The van der Waals surface area contributed by atoms with Crippen LogP contribution in [0.25, 0.3) is 122 Å². The highest BCUT2D eigenvalue weighted by atomic mass is 16.3. The maximum Gasteiger partial charge on any atom is 0.238 e. The van der Waals surface area contributed by atoms with Crippen molar-refractivity contribution in [2.75, 3.05) is 0 Å². The molecule has 0 saturated carbocycles. The van der Waals surface area contributed by atoms with Crippen molar-refractivity contribution in [3.05, 3.63) is 206 Å². The van der Waals surface area contributed by atoms with Crippen LogP contribution in [0.5, 0.6) is 0 Å². The van der Waals surface area contributed by atoms with Crippen LogP contribution >= 0.6 is 0 Å². The summed E-state index contributed by atoms with van der Waals surface area (Å²) >= 11 is 0. The molecule has 0 fully saturated rings. The van der Waals surface area contributed by atoms with E-state index >= 15 is 0 Å². The lowest BCUT2D eigenvalue weighted by atomic mass is 9.97. The molecule has 0 unspecified atom stereocenters. The molecular weight excluding hydrogens is 773 g/mol. The van der Waals surface area contributed by atoms with Crippen molar-refractivity contribution in [3.8, 4) is 56.7 Å². The second kappa shape index (κ2) is 13.9. The number of hydrogen-bond donors (Lipinski definition) is 0. The van der Waals surface area contributed by atoms with E-state index in [1.54, 1.807) is 0 Å². The number of rotatable bonds is 6. The van der Waals surface area contributed by atoms with Crippen LogP contribution < -0.4 is 0 Å². The number of benzene rings is 8. The number of fused-ring (bicyclic) bond motifs is 9. The van der Waals surface area contributed by atoms with Gasteiger partial charge in [-0.05, 0) is 95.1 Å². The summed E-state index contributed by atoms with van der Waals surface area (Å²) in [6, 6.07) is 70.0. The molecule has 13 aromatic rings. The molecule has 0 aliphatic heterocycles. The molecule has 5 aromatic heterocycles. The van der Waals surface area contributed by atoms with E-state index < -0.39 is 0 Å². The molecule has 0 atom stereocenters. The topological polar surface area (TPSA) is 74.6 Å². The quantitative estimate of drug-likeness (QED) is 0.167. The van der Waals surface area contributed by atoms with Gasteiger partial charge in [-0.1, -0.05) is 127 Å². The molecule has 5 heterocycles. The third-order valence-corrected chi connectivity index (χ3v) is 12.2. The number of furan rings is 1. The standard InChI is InChI=1S/C56H34N6O/c1-3-13-35(14-4-1)54-58-55(36-15-5-2-6-16-36)60-56(59-54)62-48-22-10-8-20-43(48)45-33-40(25-28-50(45)62)38-18-11-17-37(31-38)39-24-27-49-44(32-39)42-19-7-9-21-47(42)61(49)41-26-29-51-46(34-41)53-52(63-51)23-12-30-57-53/h1-34H. The largest absolute Gasteiger partial charge is 0.454 e. The smallest absolute Gasteiger partial charge is 0.238 e. The SMILES string of the molecule is c1ccc(-c2nc(-c3ccccc3)nc(-n3c4ccccc4c4cc(-c5cccc(-c6ccc7c(c6)c6ccccc6n7-c6ccc7oc8cccnc8c7c6)c5)ccc43)n2)cc1. The van der Waals surface area contributed by atoms with Gasteiger partial charge >= 0.3 is 0 Å². The van der Waals surface area contributed by atoms with Crippen molar-refractivity contribution in [1.82, 2.24) is 29.1 Å². The Bertz CT molecular complexity index is 3860. The molecule has 0 aliphatic rings. The van der Waals surface area contributed by atoms with Gasteiger partial charge in [-0.2, -0.15) is 9.97 Å². The minimum absolute atomic E-state index is 0.577. The number of aromatic nitrogens is 6. The molecule has 63 heavy (non-hydrogen) atoms. The summed E-state index contributed by atoms with van der Waals surface area (Å²) in [5, 5.41) is 5.66. The Hall–Kier alpha value is -8.68. The lowest BCUT2D eigenvalue weighted by Crippen LogP contribution is -2.06. The second-order valence-electron chi connectivity index (χ2n) is 15.9. The fourth-order valence-electron chi connectivity index (χ4n) is 9.30. The van der Waals surface area contributed by atoms with Crippen LogP contribution in [0, 0.1) is 0 Å². The van der Waals surface area contributed by atoms with Gasteiger partial charge in [0.15, 0.2) is 17.2 Å². The van der Waals surface area contributed by atoms with E-state index in [-0.39, 0.29) is 0 Å². The highest BCUT2D eigenvalue weighted by Gasteiger charge is 2.20. The number of pyridine rings is 1. The Morgan fingerprint density at radius 3 is 1.52 bits per heavy atom. The zero-order chi connectivity index (χ0) is 41.4. The fourth-order valence-corrected chi connectivity index (χ4v) is 9.30. The van der Waals surface area contributed by atoms with Gasteiger partial charge in [0.2, 0.25) is 5.95 Å². The number of para-hydroxylation sites is 2. The van der Waals surface area contributed by atoms with Crippen LogP contribution in [0.1, 0.15) is 0 Å². The van der Waals surface area contributed by atoms with E-state index in [0.29, 0.717) is 17.6 Å². The van der Waals surface area contributed by atoms with Gasteiger partial charge in [-0.25, -0.2) is 4.98 Å². The monoisotopic (exact) mass is 806 g/mol. The average Bonchev–Trinajstić information content (AvgIpc) is 4.01. The van der Waals surface area contributed by atoms with E-state index in [2.05, 4.69) is 142 Å². The van der Waals surface area contributed by atoms with Crippen molar-refractivity contribution in [2.24, 2.45) is 0 Å². The predicted octanol–water partition coefficient (Wildman–Crippen LogP) is 14.0. The van der Waals surface area contributed by atoms with Gasteiger partial charge < -0.3 is 8.98 Å². The third-order valence-electron chi connectivity index (χ3n) is 12.2. The summed E-state index contributed by atoms with van der Waals surface area (Å²) in [7, 11) is 0. The van der Waals surface area contributed by atoms with Crippen molar-refractivity contribution in [1.29, 1.82) is 0 Å². The van der Waals surface area contributed by atoms with Crippen LogP contribution in [0.15, 0.2) is 211 Å². The van der Waals surface area contributed by atoms with E-state index in [9.17, 15) is 0 Å². The van der Waals surface area contributed by atoms with Crippen molar-refractivity contribution >= 4 is 65.7 Å². The zero-order valence-electron chi connectivity index (χ0n) is 33.7. The molecule has 0 N–H and O–H groups in total. The first kappa shape index (κ1) is 35.1. The predicted molar refractivity (Wildman–Crippen MR) is 255 cm³/mol. The van der Waals surface area contributed by atoms with Gasteiger partial charge in [0.25, 0.3) is 0 Å². The molecule has 7 heteroatoms. The molecule has 0 aliphatic carbocycles. The zero-order valence-corrected chi connectivity index (χ0v) is 33.7. The molecule has 294 valence electrons. The van der Waals surface area contributed by atoms with Gasteiger partial charge in [0.1, 0.15) is 11.1 Å². The van der Waals surface area contributed by atoms with Crippen molar-refractivity contribution in [2.45, 2.75) is 0 Å². The number of nitrogens with zero attached hydrogens (tertiary/aromatic N) is 6. The third kappa shape index (κ3) is 5.67. The van der Waals surface area contributed by atoms with Gasteiger partial charge in [-0.15, -0.1) is 0 Å². The fraction of sp³-hybridized carbons (Fsp3) is 0. The van der Waals surface area contributed by atoms with E-state index in [1.165, 1.54) is 10.8 Å². The van der Waals surface area contributed by atoms with Gasteiger partial charge in [0, 0.05) is 49.9 Å². The Kier molecular flexibility index (Phi) is 7.77. The molecule has 0 amide bonds. The van der Waals surface area contributed by atoms with E-state index in [4.69, 9.17) is 19.4 Å². The minimum atomic E-state index is 0.577. The molecule has 7 nitrogen and oxygen atoms in total. The summed E-state index contributed by atoms with van der Waals surface area (Å²) in [4.78, 5) is 19.8. The molecule has 0 saturated heterocycles. The molecule has 0 bridgehead atoms. The second-order valence-corrected chi connectivity index (χ2v) is 15.9. The first-order valence-electron chi connectivity index (χ1n) is 21.0. The van der Waals surface area contributed by atoms with Crippen LogP contribution in [0.4, 0.5) is 0 Å². The van der Waals surface area contributed by atoms with E-state index in [0.717, 1.165) is 94.0 Å². The van der Waals surface area contributed by atoms with Gasteiger partial charge in [0.05, 0.1) is 22.1 Å². The van der Waals surface area contributed by atoms with Crippen LogP contribution in [-0.2, 0) is 0 Å². The maximum atomic E-state index is 6.12. The van der Waals surface area contributed by atoms with E-state index in [1.807, 2.05) is 79.0 Å². The average molecular weight is 807 g/mol. The van der Waals surface area contributed by atoms with Crippen LogP contribution in [0.2, 0.25) is 0 Å². The van der Waals surface area contributed by atoms with Crippen LogP contribution in [-0.4, -0.2) is 29.1 Å². The molecule has 0 radical (unpaired) electrons.